The average Bonchev–Trinajstić information content (AvgIpc) is 2.73. The number of primary amides is 1. The Kier molecular flexibility index (Phi) is 5.64. The molecule has 28 heavy (non-hydrogen) atoms. The zero-order chi connectivity index (χ0) is 20.1. The van der Waals surface area contributed by atoms with Crippen molar-refractivity contribution in [1.29, 1.82) is 0 Å². The van der Waals surface area contributed by atoms with Crippen molar-refractivity contribution in [1.82, 2.24) is 4.98 Å². The van der Waals surface area contributed by atoms with Gasteiger partial charge in [-0.2, -0.15) is 0 Å². The molecular weight excluding hydrogens is 358 g/mol. The first-order chi connectivity index (χ1) is 13.5. The van der Waals surface area contributed by atoms with Gasteiger partial charge in [0.1, 0.15) is 0 Å². The van der Waals surface area contributed by atoms with E-state index in [1.165, 1.54) is 0 Å². The molecule has 1 aromatic heterocycles. The third-order valence-electron chi connectivity index (χ3n) is 4.17. The lowest BCUT2D eigenvalue weighted by molar-refractivity contribution is 0.100. The van der Waals surface area contributed by atoms with Crippen LogP contribution < -0.4 is 25.3 Å². The number of rotatable bonds is 7. The Morgan fingerprint density at radius 2 is 1.61 bits per heavy atom. The molecular formula is C21H21N3O4. The van der Waals surface area contributed by atoms with Crippen LogP contribution in [-0.2, 0) is 0 Å². The maximum Gasteiger partial charge on any atom is 0.248 e. The van der Waals surface area contributed by atoms with Crippen molar-refractivity contribution in [2.24, 2.45) is 5.73 Å². The van der Waals surface area contributed by atoms with Gasteiger partial charge in [-0.15, -0.1) is 0 Å². The zero-order valence-corrected chi connectivity index (χ0v) is 15.9. The molecule has 1 amide bonds. The van der Waals surface area contributed by atoms with E-state index in [-0.39, 0.29) is 0 Å². The number of benzene rings is 2. The maximum absolute atomic E-state index is 11.4. The molecule has 2 aromatic carbocycles. The first-order valence-electron chi connectivity index (χ1n) is 8.48. The summed E-state index contributed by atoms with van der Waals surface area (Å²) < 4.78 is 16.1. The van der Waals surface area contributed by atoms with Crippen LogP contribution in [0.3, 0.4) is 0 Å². The summed E-state index contributed by atoms with van der Waals surface area (Å²) in [6.45, 7) is 0. The topological polar surface area (TPSA) is 95.7 Å². The number of carbonyl (C=O) groups is 1. The van der Waals surface area contributed by atoms with Gasteiger partial charge in [-0.25, -0.2) is 0 Å². The molecule has 0 spiro atoms. The van der Waals surface area contributed by atoms with E-state index in [4.69, 9.17) is 19.9 Å². The Morgan fingerprint density at radius 3 is 2.21 bits per heavy atom. The summed E-state index contributed by atoms with van der Waals surface area (Å²) in [5.74, 6) is 1.14. The number of anilines is 2. The van der Waals surface area contributed by atoms with Gasteiger partial charge in [0.25, 0.3) is 0 Å². The number of hydrogen-bond acceptors (Lipinski definition) is 6. The van der Waals surface area contributed by atoms with Gasteiger partial charge in [-0.05, 0) is 23.8 Å². The van der Waals surface area contributed by atoms with Crippen LogP contribution in [0.2, 0.25) is 0 Å². The second-order valence-corrected chi connectivity index (χ2v) is 5.95. The minimum atomic E-state index is -0.471. The fourth-order valence-corrected chi connectivity index (χ4v) is 2.84. The molecule has 0 saturated carbocycles. The maximum atomic E-state index is 11.4. The van der Waals surface area contributed by atoms with Crippen LogP contribution in [-0.4, -0.2) is 32.2 Å². The third kappa shape index (κ3) is 3.98. The molecule has 144 valence electrons. The quantitative estimate of drug-likeness (QED) is 0.651. The van der Waals surface area contributed by atoms with Gasteiger partial charge >= 0.3 is 0 Å². The Morgan fingerprint density at radius 1 is 0.893 bits per heavy atom. The highest BCUT2D eigenvalue weighted by molar-refractivity contribution is 5.94. The Balaban J connectivity index is 1.93. The van der Waals surface area contributed by atoms with Gasteiger partial charge in [0.05, 0.1) is 33.2 Å². The predicted molar refractivity (Wildman–Crippen MR) is 108 cm³/mol. The highest BCUT2D eigenvalue weighted by Gasteiger charge is 2.13. The highest BCUT2D eigenvalue weighted by Crippen LogP contribution is 2.40. The second kappa shape index (κ2) is 8.30. The van der Waals surface area contributed by atoms with Crippen molar-refractivity contribution >= 4 is 17.3 Å². The van der Waals surface area contributed by atoms with E-state index in [1.54, 1.807) is 51.9 Å². The lowest BCUT2D eigenvalue weighted by Gasteiger charge is -2.15. The van der Waals surface area contributed by atoms with Crippen LogP contribution in [0.5, 0.6) is 17.2 Å². The Hall–Kier alpha value is -3.74. The largest absolute Gasteiger partial charge is 0.493 e. The van der Waals surface area contributed by atoms with Crippen molar-refractivity contribution in [2.45, 2.75) is 0 Å². The molecule has 3 rings (SSSR count). The van der Waals surface area contributed by atoms with Crippen LogP contribution in [0.15, 0.2) is 54.9 Å². The SMILES string of the molecule is COc1cc(Nc2cncc(-c3cccc(C(N)=O)c3)c2)cc(OC)c1OC. The third-order valence-corrected chi connectivity index (χ3v) is 4.17. The zero-order valence-electron chi connectivity index (χ0n) is 15.9. The monoisotopic (exact) mass is 379 g/mol. The lowest BCUT2D eigenvalue weighted by atomic mass is 10.0. The predicted octanol–water partition coefficient (Wildman–Crippen LogP) is 3.62. The Bertz CT molecular complexity index is 979. The van der Waals surface area contributed by atoms with Crippen LogP contribution in [0.25, 0.3) is 11.1 Å². The number of nitrogens with one attached hydrogen (secondary N) is 1. The molecule has 3 N–H and O–H groups in total. The van der Waals surface area contributed by atoms with E-state index in [1.807, 2.05) is 24.3 Å². The first-order valence-corrected chi connectivity index (χ1v) is 8.48. The van der Waals surface area contributed by atoms with E-state index in [9.17, 15) is 4.79 Å². The number of hydrogen-bond donors (Lipinski definition) is 2. The Labute approximate surface area is 163 Å². The van der Waals surface area contributed by atoms with Crippen LogP contribution in [0.1, 0.15) is 10.4 Å². The van der Waals surface area contributed by atoms with Gasteiger partial charge in [0, 0.05) is 35.1 Å². The van der Waals surface area contributed by atoms with Crippen LogP contribution >= 0.6 is 0 Å². The molecule has 0 unspecified atom stereocenters. The van der Waals surface area contributed by atoms with Gasteiger partial charge in [-0.3, -0.25) is 9.78 Å². The van der Waals surface area contributed by atoms with E-state index >= 15 is 0 Å². The lowest BCUT2D eigenvalue weighted by Crippen LogP contribution is -2.10. The summed E-state index contributed by atoms with van der Waals surface area (Å²) in [6, 6.07) is 12.6. The molecule has 0 aliphatic rings. The summed E-state index contributed by atoms with van der Waals surface area (Å²) in [7, 11) is 4.69. The number of carbonyl (C=O) groups excluding carboxylic acids is 1. The normalized spacial score (nSPS) is 10.2. The molecule has 0 aliphatic heterocycles. The smallest absolute Gasteiger partial charge is 0.248 e. The summed E-state index contributed by atoms with van der Waals surface area (Å²) in [5.41, 5.74) is 9.02. The number of amides is 1. The van der Waals surface area contributed by atoms with Gasteiger partial charge in [0.2, 0.25) is 11.7 Å². The number of pyridine rings is 1. The van der Waals surface area contributed by atoms with Crippen molar-refractivity contribution in [2.75, 3.05) is 26.6 Å². The number of ether oxygens (including phenoxy) is 3. The van der Waals surface area contributed by atoms with Crippen LogP contribution in [0.4, 0.5) is 11.4 Å². The minimum absolute atomic E-state index is 0.445. The van der Waals surface area contributed by atoms with Crippen molar-refractivity contribution in [3.63, 3.8) is 0 Å². The number of aromatic nitrogens is 1. The van der Waals surface area contributed by atoms with Gasteiger partial charge in [-0.1, -0.05) is 12.1 Å². The molecule has 7 heteroatoms. The summed E-state index contributed by atoms with van der Waals surface area (Å²) in [4.78, 5) is 15.7. The summed E-state index contributed by atoms with van der Waals surface area (Å²) >= 11 is 0. The average molecular weight is 379 g/mol. The van der Waals surface area contributed by atoms with Crippen molar-refractivity contribution < 1.29 is 19.0 Å². The highest BCUT2D eigenvalue weighted by atomic mass is 16.5. The van der Waals surface area contributed by atoms with E-state index in [2.05, 4.69) is 10.3 Å². The van der Waals surface area contributed by atoms with Gasteiger partial charge < -0.3 is 25.3 Å². The van der Waals surface area contributed by atoms with E-state index in [0.717, 1.165) is 22.5 Å². The first kappa shape index (κ1) is 19.0. The fourth-order valence-electron chi connectivity index (χ4n) is 2.84. The number of nitrogens with zero attached hydrogens (tertiary/aromatic N) is 1. The van der Waals surface area contributed by atoms with E-state index in [0.29, 0.717) is 22.8 Å². The summed E-state index contributed by atoms with van der Waals surface area (Å²) in [6.07, 6.45) is 3.42. The van der Waals surface area contributed by atoms with Crippen molar-refractivity contribution in [3.05, 3.63) is 60.4 Å². The summed E-state index contributed by atoms with van der Waals surface area (Å²) in [5, 5.41) is 3.28. The molecule has 0 atom stereocenters. The second-order valence-electron chi connectivity index (χ2n) is 5.95. The van der Waals surface area contributed by atoms with Gasteiger partial charge in [0.15, 0.2) is 11.5 Å². The van der Waals surface area contributed by atoms with Crippen molar-refractivity contribution in [3.8, 4) is 28.4 Å². The molecule has 0 bridgehead atoms. The fraction of sp³-hybridized carbons (Fsp3) is 0.143. The number of nitrogens with two attached hydrogens (primary N) is 1. The van der Waals surface area contributed by atoms with Crippen LogP contribution in [0, 0.1) is 0 Å². The van der Waals surface area contributed by atoms with E-state index < -0.39 is 5.91 Å². The number of methoxy groups -OCH3 is 3. The molecule has 0 fully saturated rings. The molecule has 3 aromatic rings. The molecule has 7 nitrogen and oxygen atoms in total. The molecule has 0 saturated heterocycles. The minimum Gasteiger partial charge on any atom is -0.493 e. The standard InChI is InChI=1S/C21H21N3O4/c1-26-18-9-16(10-19(27-2)20(18)28-3)24-17-8-15(11-23-12-17)13-5-4-6-14(7-13)21(22)25/h4-12,24H,1-3H3,(H2,22,25). The molecule has 0 aliphatic carbocycles. The molecule has 0 radical (unpaired) electrons. The molecule has 1 heterocycles.